The first-order valence-corrected chi connectivity index (χ1v) is 6.32. The number of ether oxygens (including phenoxy) is 1. The predicted molar refractivity (Wildman–Crippen MR) is 62.1 cm³/mol. The molecule has 15 heavy (non-hydrogen) atoms. The van der Waals surface area contributed by atoms with Gasteiger partial charge in [0.2, 0.25) is 0 Å². The predicted octanol–water partition coefficient (Wildman–Crippen LogP) is 1.19. The summed E-state index contributed by atoms with van der Waals surface area (Å²) in [7, 11) is 1.81. The third-order valence-electron chi connectivity index (χ3n) is 3.97. The second-order valence-electron chi connectivity index (χ2n) is 4.84. The van der Waals surface area contributed by atoms with Crippen LogP contribution in [-0.2, 0) is 4.74 Å². The van der Waals surface area contributed by atoms with Crippen LogP contribution < -0.4 is 0 Å². The summed E-state index contributed by atoms with van der Waals surface area (Å²) in [6.07, 6.45) is 4.01. The number of hydrogen-bond donors (Lipinski definition) is 0. The molecule has 88 valence electrons. The van der Waals surface area contributed by atoms with Crippen LogP contribution in [0.15, 0.2) is 0 Å². The Morgan fingerprint density at radius 2 is 2.20 bits per heavy atom. The monoisotopic (exact) mass is 212 g/mol. The standard InChI is InChI=1S/C12H24N2O/c1-3-11(10-15-2)14-8-7-13-6-4-5-12(13)9-14/h11-12H,3-10H2,1-2H3. The molecule has 2 unspecified atom stereocenters. The van der Waals surface area contributed by atoms with Crippen LogP contribution in [-0.4, -0.2) is 61.8 Å². The zero-order valence-corrected chi connectivity index (χ0v) is 10.1. The Morgan fingerprint density at radius 1 is 1.33 bits per heavy atom. The molecular weight excluding hydrogens is 188 g/mol. The van der Waals surface area contributed by atoms with Crippen molar-refractivity contribution in [3.8, 4) is 0 Å². The van der Waals surface area contributed by atoms with Crippen LogP contribution in [0, 0.1) is 0 Å². The summed E-state index contributed by atoms with van der Waals surface area (Å²) in [6, 6.07) is 1.47. The summed E-state index contributed by atoms with van der Waals surface area (Å²) in [5.74, 6) is 0. The Balaban J connectivity index is 1.87. The van der Waals surface area contributed by atoms with E-state index >= 15 is 0 Å². The Kier molecular flexibility index (Phi) is 4.00. The van der Waals surface area contributed by atoms with Gasteiger partial charge < -0.3 is 4.74 Å². The van der Waals surface area contributed by atoms with Crippen molar-refractivity contribution in [2.75, 3.05) is 39.9 Å². The lowest BCUT2D eigenvalue weighted by Crippen LogP contribution is -2.54. The summed E-state index contributed by atoms with van der Waals surface area (Å²) in [5, 5.41) is 0. The lowest BCUT2D eigenvalue weighted by atomic mass is 10.1. The number of rotatable bonds is 4. The molecule has 2 rings (SSSR count). The fraction of sp³-hybridized carbons (Fsp3) is 1.00. The van der Waals surface area contributed by atoms with Crippen molar-refractivity contribution in [1.82, 2.24) is 9.80 Å². The van der Waals surface area contributed by atoms with Gasteiger partial charge in [0, 0.05) is 38.8 Å². The minimum absolute atomic E-state index is 0.637. The van der Waals surface area contributed by atoms with E-state index < -0.39 is 0 Å². The van der Waals surface area contributed by atoms with Gasteiger partial charge >= 0.3 is 0 Å². The minimum atomic E-state index is 0.637. The molecule has 2 aliphatic rings. The van der Waals surface area contributed by atoms with Crippen LogP contribution in [0.1, 0.15) is 26.2 Å². The average Bonchev–Trinajstić information content (AvgIpc) is 2.72. The first-order chi connectivity index (χ1) is 7.35. The van der Waals surface area contributed by atoms with Gasteiger partial charge in [0.1, 0.15) is 0 Å². The van der Waals surface area contributed by atoms with E-state index in [2.05, 4.69) is 16.7 Å². The number of methoxy groups -OCH3 is 1. The maximum atomic E-state index is 5.30. The van der Waals surface area contributed by atoms with Crippen molar-refractivity contribution in [2.45, 2.75) is 38.3 Å². The van der Waals surface area contributed by atoms with Gasteiger partial charge in [-0.3, -0.25) is 9.80 Å². The van der Waals surface area contributed by atoms with Gasteiger partial charge in [-0.25, -0.2) is 0 Å². The largest absolute Gasteiger partial charge is 0.383 e. The molecule has 0 aliphatic carbocycles. The Bertz CT molecular complexity index is 198. The van der Waals surface area contributed by atoms with Crippen LogP contribution >= 0.6 is 0 Å². The van der Waals surface area contributed by atoms with E-state index in [4.69, 9.17) is 4.74 Å². The summed E-state index contributed by atoms with van der Waals surface area (Å²) in [5.41, 5.74) is 0. The van der Waals surface area contributed by atoms with E-state index in [0.29, 0.717) is 6.04 Å². The average molecular weight is 212 g/mol. The molecule has 2 atom stereocenters. The zero-order chi connectivity index (χ0) is 10.7. The summed E-state index contributed by atoms with van der Waals surface area (Å²) in [6.45, 7) is 8.26. The molecule has 0 bridgehead atoms. The lowest BCUT2D eigenvalue weighted by Gasteiger charge is -2.41. The van der Waals surface area contributed by atoms with Gasteiger partial charge in [0.05, 0.1) is 6.61 Å². The second-order valence-corrected chi connectivity index (χ2v) is 4.84. The Morgan fingerprint density at radius 3 is 2.93 bits per heavy atom. The van der Waals surface area contributed by atoms with Gasteiger partial charge in [0.15, 0.2) is 0 Å². The topological polar surface area (TPSA) is 15.7 Å². The summed E-state index contributed by atoms with van der Waals surface area (Å²) in [4.78, 5) is 5.30. The van der Waals surface area contributed by atoms with E-state index in [1.807, 2.05) is 7.11 Å². The van der Waals surface area contributed by atoms with E-state index in [1.165, 1.54) is 45.4 Å². The molecule has 2 aliphatic heterocycles. The molecule has 0 N–H and O–H groups in total. The van der Waals surface area contributed by atoms with Gasteiger partial charge in [0.25, 0.3) is 0 Å². The van der Waals surface area contributed by atoms with Gasteiger partial charge in [-0.05, 0) is 25.8 Å². The lowest BCUT2D eigenvalue weighted by molar-refractivity contribution is 0.0327. The molecule has 0 spiro atoms. The highest BCUT2D eigenvalue weighted by atomic mass is 16.5. The van der Waals surface area contributed by atoms with Crippen LogP contribution in [0.4, 0.5) is 0 Å². The molecule has 0 aromatic carbocycles. The molecular formula is C12H24N2O. The van der Waals surface area contributed by atoms with E-state index in [1.54, 1.807) is 0 Å². The molecule has 0 aromatic rings. The Labute approximate surface area is 93.4 Å². The summed E-state index contributed by atoms with van der Waals surface area (Å²) < 4.78 is 5.30. The summed E-state index contributed by atoms with van der Waals surface area (Å²) >= 11 is 0. The smallest absolute Gasteiger partial charge is 0.0617 e. The number of hydrogen-bond acceptors (Lipinski definition) is 3. The van der Waals surface area contributed by atoms with Gasteiger partial charge in [-0.1, -0.05) is 6.92 Å². The van der Waals surface area contributed by atoms with E-state index in [9.17, 15) is 0 Å². The fourth-order valence-corrected chi connectivity index (χ4v) is 3.02. The quantitative estimate of drug-likeness (QED) is 0.696. The molecule has 3 nitrogen and oxygen atoms in total. The van der Waals surface area contributed by atoms with Crippen molar-refractivity contribution < 1.29 is 4.74 Å². The zero-order valence-electron chi connectivity index (χ0n) is 10.1. The number of nitrogens with zero attached hydrogens (tertiary/aromatic N) is 2. The number of piperazine rings is 1. The first-order valence-electron chi connectivity index (χ1n) is 6.32. The SMILES string of the molecule is CCC(COC)N1CCN2CCCC2C1. The molecule has 2 heterocycles. The molecule has 0 amide bonds. The van der Waals surface area contributed by atoms with E-state index in [-0.39, 0.29) is 0 Å². The molecule has 0 aromatic heterocycles. The van der Waals surface area contributed by atoms with E-state index in [0.717, 1.165) is 12.6 Å². The van der Waals surface area contributed by atoms with Crippen LogP contribution in [0.3, 0.4) is 0 Å². The van der Waals surface area contributed by atoms with Crippen molar-refractivity contribution in [3.63, 3.8) is 0 Å². The highest BCUT2D eigenvalue weighted by molar-refractivity contribution is 4.89. The van der Waals surface area contributed by atoms with Gasteiger partial charge in [-0.15, -0.1) is 0 Å². The van der Waals surface area contributed by atoms with Crippen molar-refractivity contribution in [1.29, 1.82) is 0 Å². The highest BCUT2D eigenvalue weighted by Crippen LogP contribution is 2.23. The maximum Gasteiger partial charge on any atom is 0.0617 e. The molecule has 0 saturated carbocycles. The molecule has 0 radical (unpaired) electrons. The van der Waals surface area contributed by atoms with Crippen LogP contribution in [0.5, 0.6) is 0 Å². The Hall–Kier alpha value is -0.120. The molecule has 2 fully saturated rings. The van der Waals surface area contributed by atoms with Crippen molar-refractivity contribution in [3.05, 3.63) is 0 Å². The third kappa shape index (κ3) is 2.52. The fourth-order valence-electron chi connectivity index (χ4n) is 3.02. The van der Waals surface area contributed by atoms with Crippen LogP contribution in [0.25, 0.3) is 0 Å². The third-order valence-corrected chi connectivity index (χ3v) is 3.97. The van der Waals surface area contributed by atoms with Crippen LogP contribution in [0.2, 0.25) is 0 Å². The number of fused-ring (bicyclic) bond motifs is 1. The second kappa shape index (κ2) is 5.28. The van der Waals surface area contributed by atoms with Crippen molar-refractivity contribution >= 4 is 0 Å². The maximum absolute atomic E-state index is 5.30. The minimum Gasteiger partial charge on any atom is -0.383 e. The normalized spacial score (nSPS) is 30.4. The molecule has 2 saturated heterocycles. The van der Waals surface area contributed by atoms with Crippen molar-refractivity contribution in [2.24, 2.45) is 0 Å². The first kappa shape index (κ1) is 11.4. The highest BCUT2D eigenvalue weighted by Gasteiger charge is 2.32. The molecule has 3 heteroatoms. The van der Waals surface area contributed by atoms with Gasteiger partial charge in [-0.2, -0.15) is 0 Å².